The Morgan fingerprint density at radius 1 is 1.62 bits per heavy atom. The summed E-state index contributed by atoms with van der Waals surface area (Å²) in [5.74, 6) is 0.695. The maximum absolute atomic E-state index is 11.0. The molecule has 0 saturated heterocycles. The molecule has 0 aliphatic carbocycles. The lowest BCUT2D eigenvalue weighted by atomic mass is 10.1. The molecular weight excluding hydrogens is 330 g/mol. The van der Waals surface area contributed by atoms with Gasteiger partial charge in [-0.1, -0.05) is 23.4 Å². The Labute approximate surface area is 135 Å². The van der Waals surface area contributed by atoms with Crippen LogP contribution < -0.4 is 4.74 Å². The predicted molar refractivity (Wildman–Crippen MR) is 84.1 cm³/mol. The van der Waals surface area contributed by atoms with Crippen molar-refractivity contribution in [1.29, 1.82) is 0 Å². The van der Waals surface area contributed by atoms with E-state index in [0.29, 0.717) is 15.6 Å². The summed E-state index contributed by atoms with van der Waals surface area (Å²) in [6.45, 7) is 1.72. The molecule has 3 rings (SSSR count). The quantitative estimate of drug-likeness (QED) is 0.855. The van der Waals surface area contributed by atoms with Crippen molar-refractivity contribution in [2.24, 2.45) is 0 Å². The Bertz CT molecular complexity index is 702. The highest BCUT2D eigenvalue weighted by Gasteiger charge is 2.24. The first-order valence-corrected chi connectivity index (χ1v) is 8.49. The minimum absolute atomic E-state index is 0.0703. The van der Waals surface area contributed by atoms with Crippen LogP contribution in [0.4, 0.5) is 0 Å². The zero-order chi connectivity index (χ0) is 15.0. The summed E-state index contributed by atoms with van der Waals surface area (Å²) < 4.78 is 6.62. The third-order valence-corrected chi connectivity index (χ3v) is 5.78. The van der Waals surface area contributed by atoms with E-state index in [1.807, 2.05) is 18.2 Å². The number of hydrogen-bond donors (Lipinski definition) is 1. The molecule has 0 fully saturated rings. The molecule has 21 heavy (non-hydrogen) atoms. The molecule has 1 atom stereocenters. The highest BCUT2D eigenvalue weighted by molar-refractivity contribution is 8.01. The van der Waals surface area contributed by atoms with Crippen LogP contribution in [-0.4, -0.2) is 27.9 Å². The van der Waals surface area contributed by atoms with Crippen LogP contribution in [0.3, 0.4) is 0 Å². The van der Waals surface area contributed by atoms with E-state index in [1.165, 1.54) is 23.1 Å². The molecule has 1 N–H and O–H groups in total. The van der Waals surface area contributed by atoms with E-state index in [0.717, 1.165) is 27.8 Å². The first-order chi connectivity index (χ1) is 10.0. The monoisotopic (exact) mass is 341 g/mol. The van der Waals surface area contributed by atoms with Crippen molar-refractivity contribution in [1.82, 2.24) is 4.98 Å². The van der Waals surface area contributed by atoms with Crippen molar-refractivity contribution in [3.8, 4) is 5.75 Å². The highest BCUT2D eigenvalue weighted by atomic mass is 35.5. The van der Waals surface area contributed by atoms with E-state index in [-0.39, 0.29) is 6.10 Å². The molecule has 4 nitrogen and oxygen atoms in total. The van der Waals surface area contributed by atoms with E-state index in [1.54, 1.807) is 6.92 Å². The van der Waals surface area contributed by atoms with Crippen molar-refractivity contribution in [2.75, 3.05) is 5.75 Å². The fraction of sp³-hybridized carbons (Fsp3) is 0.286. The van der Waals surface area contributed by atoms with Crippen molar-refractivity contribution in [2.45, 2.75) is 23.8 Å². The Balaban J connectivity index is 1.62. The van der Waals surface area contributed by atoms with Crippen molar-refractivity contribution in [3.05, 3.63) is 39.4 Å². The van der Waals surface area contributed by atoms with E-state index in [9.17, 15) is 4.79 Å². The van der Waals surface area contributed by atoms with Gasteiger partial charge in [-0.3, -0.25) is 0 Å². The second-order valence-corrected chi connectivity index (χ2v) is 7.41. The van der Waals surface area contributed by atoms with Crippen LogP contribution in [0.1, 0.15) is 20.9 Å². The number of hydrogen-bond acceptors (Lipinski definition) is 5. The Morgan fingerprint density at radius 2 is 2.43 bits per heavy atom. The summed E-state index contributed by atoms with van der Waals surface area (Å²) >= 11 is 8.71. The van der Waals surface area contributed by atoms with Gasteiger partial charge in [0.1, 0.15) is 16.7 Å². The number of aryl methyl sites for hydroxylation is 1. The zero-order valence-corrected chi connectivity index (χ0v) is 13.5. The van der Waals surface area contributed by atoms with Gasteiger partial charge in [-0.25, -0.2) is 9.78 Å². The van der Waals surface area contributed by atoms with E-state index in [4.69, 9.17) is 21.4 Å². The number of carboxylic acids is 1. The van der Waals surface area contributed by atoms with Crippen molar-refractivity contribution < 1.29 is 14.6 Å². The molecule has 0 radical (unpaired) electrons. The number of thioether (sulfide) groups is 1. The van der Waals surface area contributed by atoms with Crippen LogP contribution >= 0.6 is 34.7 Å². The molecule has 1 aromatic carbocycles. The van der Waals surface area contributed by atoms with Crippen molar-refractivity contribution in [3.63, 3.8) is 0 Å². The average Bonchev–Trinajstić information content (AvgIpc) is 2.99. The Kier molecular flexibility index (Phi) is 4.10. The number of halogens is 1. The molecule has 0 amide bonds. The number of ether oxygens (including phenoxy) is 1. The number of carbonyl (C=O) groups is 1. The zero-order valence-electron chi connectivity index (χ0n) is 11.1. The second kappa shape index (κ2) is 5.87. The molecule has 1 aromatic heterocycles. The standard InChI is InChI=1S/C14H12ClNO3S2/c1-7-12(13(17)18)21-14(16-7)20-6-10-5-8-4-9(15)2-3-11(8)19-10/h2-4,10H,5-6H2,1H3,(H,17,18). The summed E-state index contributed by atoms with van der Waals surface area (Å²) in [6, 6.07) is 5.63. The topological polar surface area (TPSA) is 59.4 Å². The maximum Gasteiger partial charge on any atom is 0.347 e. The number of benzene rings is 1. The van der Waals surface area contributed by atoms with Crippen LogP contribution in [0.5, 0.6) is 5.75 Å². The van der Waals surface area contributed by atoms with Gasteiger partial charge < -0.3 is 9.84 Å². The van der Waals surface area contributed by atoms with Crippen LogP contribution in [0.15, 0.2) is 22.5 Å². The van der Waals surface area contributed by atoms with Gasteiger partial charge in [0.15, 0.2) is 4.34 Å². The fourth-order valence-electron chi connectivity index (χ4n) is 2.18. The Morgan fingerprint density at radius 3 is 3.14 bits per heavy atom. The summed E-state index contributed by atoms with van der Waals surface area (Å²) in [6.07, 6.45) is 0.889. The third kappa shape index (κ3) is 3.17. The molecule has 7 heteroatoms. The molecule has 1 aliphatic rings. The number of aromatic carboxylic acids is 1. The molecule has 0 spiro atoms. The summed E-state index contributed by atoms with van der Waals surface area (Å²) in [5.41, 5.74) is 1.69. The second-order valence-electron chi connectivity index (χ2n) is 4.71. The summed E-state index contributed by atoms with van der Waals surface area (Å²) in [4.78, 5) is 15.6. The minimum Gasteiger partial charge on any atom is -0.489 e. The number of thiazole rings is 1. The fourth-order valence-corrected chi connectivity index (χ4v) is 4.42. The predicted octanol–water partition coefficient (Wildman–Crippen LogP) is 3.90. The molecule has 2 aromatic rings. The van der Waals surface area contributed by atoms with Gasteiger partial charge in [-0.2, -0.15) is 0 Å². The molecule has 1 aliphatic heterocycles. The molecule has 0 saturated carbocycles. The third-order valence-electron chi connectivity index (χ3n) is 3.13. The van der Waals surface area contributed by atoms with Gasteiger partial charge in [0.25, 0.3) is 0 Å². The van der Waals surface area contributed by atoms with Gasteiger partial charge in [0.05, 0.1) is 5.69 Å². The summed E-state index contributed by atoms with van der Waals surface area (Å²) in [7, 11) is 0. The summed E-state index contributed by atoms with van der Waals surface area (Å²) in [5, 5.41) is 9.74. The largest absolute Gasteiger partial charge is 0.489 e. The number of fused-ring (bicyclic) bond motifs is 1. The lowest BCUT2D eigenvalue weighted by molar-refractivity contribution is 0.0701. The normalized spacial score (nSPS) is 16.6. The first-order valence-electron chi connectivity index (χ1n) is 6.31. The van der Waals surface area contributed by atoms with Gasteiger partial charge in [-0.15, -0.1) is 11.3 Å². The number of aromatic nitrogens is 1. The van der Waals surface area contributed by atoms with Crippen LogP contribution in [-0.2, 0) is 6.42 Å². The number of carboxylic acid groups (broad SMARTS) is 1. The van der Waals surface area contributed by atoms with Crippen LogP contribution in [0.25, 0.3) is 0 Å². The molecular formula is C14H12ClNO3S2. The molecule has 2 heterocycles. The van der Waals surface area contributed by atoms with Gasteiger partial charge in [0, 0.05) is 17.2 Å². The Hall–Kier alpha value is -1.24. The van der Waals surface area contributed by atoms with E-state index in [2.05, 4.69) is 4.98 Å². The molecule has 1 unspecified atom stereocenters. The first kappa shape index (κ1) is 14.7. The van der Waals surface area contributed by atoms with Crippen LogP contribution in [0.2, 0.25) is 5.02 Å². The molecule has 110 valence electrons. The van der Waals surface area contributed by atoms with E-state index >= 15 is 0 Å². The van der Waals surface area contributed by atoms with Gasteiger partial charge in [0.2, 0.25) is 0 Å². The number of nitrogens with zero attached hydrogens (tertiary/aromatic N) is 1. The average molecular weight is 342 g/mol. The minimum atomic E-state index is -0.920. The number of rotatable bonds is 4. The maximum atomic E-state index is 11.0. The molecule has 0 bridgehead atoms. The SMILES string of the molecule is Cc1nc(SCC2Cc3cc(Cl)ccc3O2)sc1C(=O)O. The highest BCUT2D eigenvalue weighted by Crippen LogP contribution is 2.34. The smallest absolute Gasteiger partial charge is 0.347 e. The lowest BCUT2D eigenvalue weighted by Gasteiger charge is -2.08. The van der Waals surface area contributed by atoms with Gasteiger partial charge in [-0.05, 0) is 30.7 Å². The van der Waals surface area contributed by atoms with Crippen molar-refractivity contribution >= 4 is 40.7 Å². The van der Waals surface area contributed by atoms with E-state index < -0.39 is 5.97 Å². The van der Waals surface area contributed by atoms with Crippen LogP contribution in [0, 0.1) is 6.92 Å². The van der Waals surface area contributed by atoms with Gasteiger partial charge >= 0.3 is 5.97 Å². The lowest BCUT2D eigenvalue weighted by Crippen LogP contribution is -2.15.